The van der Waals surface area contributed by atoms with E-state index in [4.69, 9.17) is 4.74 Å². The molecule has 0 radical (unpaired) electrons. The van der Waals surface area contributed by atoms with Crippen LogP contribution in [0.3, 0.4) is 0 Å². The highest BCUT2D eigenvalue weighted by atomic mass is 32.2. The van der Waals surface area contributed by atoms with Crippen LogP contribution in [0, 0.1) is 5.92 Å². The van der Waals surface area contributed by atoms with Crippen LogP contribution in [0.15, 0.2) is 29.2 Å². The molecule has 0 aliphatic heterocycles. The van der Waals surface area contributed by atoms with E-state index < -0.39 is 21.9 Å². The maximum absolute atomic E-state index is 13.3. The van der Waals surface area contributed by atoms with Crippen LogP contribution < -0.4 is 9.46 Å². The van der Waals surface area contributed by atoms with Crippen molar-refractivity contribution in [3.05, 3.63) is 41.2 Å². The molecule has 2 aromatic rings. The van der Waals surface area contributed by atoms with Crippen molar-refractivity contribution in [2.75, 3.05) is 13.2 Å². The van der Waals surface area contributed by atoms with Crippen LogP contribution in [0.4, 0.5) is 13.2 Å². The summed E-state index contributed by atoms with van der Waals surface area (Å²) in [7, 11) is -3.79. The predicted molar refractivity (Wildman–Crippen MR) is 106 cm³/mol. The van der Waals surface area contributed by atoms with Crippen molar-refractivity contribution in [3.63, 3.8) is 0 Å². The smallest absolute Gasteiger partial charge is 0.435 e. The third kappa shape index (κ3) is 5.34. The first-order chi connectivity index (χ1) is 14.1. The summed E-state index contributed by atoms with van der Waals surface area (Å²) in [5.74, 6) is 0.923. The summed E-state index contributed by atoms with van der Waals surface area (Å²) >= 11 is 0. The van der Waals surface area contributed by atoms with Gasteiger partial charge in [0.25, 0.3) is 0 Å². The minimum atomic E-state index is -4.51. The van der Waals surface area contributed by atoms with Gasteiger partial charge >= 0.3 is 6.18 Å². The summed E-state index contributed by atoms with van der Waals surface area (Å²) in [6.07, 6.45) is -2.14. The molecule has 0 atom stereocenters. The van der Waals surface area contributed by atoms with Gasteiger partial charge in [-0.15, -0.1) is 0 Å². The average molecular weight is 446 g/mol. The first kappa shape index (κ1) is 22.6. The average Bonchev–Trinajstić information content (AvgIpc) is 3.06. The zero-order chi connectivity index (χ0) is 21.9. The second kappa shape index (κ2) is 8.97. The van der Waals surface area contributed by atoms with E-state index in [1.807, 2.05) is 13.8 Å². The van der Waals surface area contributed by atoms with Gasteiger partial charge in [-0.05, 0) is 55.9 Å². The first-order valence-electron chi connectivity index (χ1n) is 9.96. The molecule has 0 saturated heterocycles. The normalized spacial score (nSPS) is 14.7. The number of fused-ring (bicyclic) bond motifs is 1. The minimum absolute atomic E-state index is 0.0349. The van der Waals surface area contributed by atoms with Crippen LogP contribution in [0.2, 0.25) is 0 Å². The Hall–Kier alpha value is -2.07. The highest BCUT2D eigenvalue weighted by Crippen LogP contribution is 2.35. The van der Waals surface area contributed by atoms with Crippen LogP contribution in [0.5, 0.6) is 5.75 Å². The van der Waals surface area contributed by atoms with Gasteiger partial charge in [0.1, 0.15) is 5.75 Å². The number of aromatic nitrogens is 2. The van der Waals surface area contributed by atoms with Gasteiger partial charge in [-0.1, -0.05) is 13.8 Å². The fourth-order valence-electron chi connectivity index (χ4n) is 3.43. The monoisotopic (exact) mass is 445 g/mol. The summed E-state index contributed by atoms with van der Waals surface area (Å²) in [4.78, 5) is 0.0675. The van der Waals surface area contributed by atoms with Crippen molar-refractivity contribution in [2.45, 2.75) is 57.1 Å². The lowest BCUT2D eigenvalue weighted by Gasteiger charge is -2.15. The van der Waals surface area contributed by atoms with Crippen molar-refractivity contribution >= 4 is 10.0 Å². The molecule has 1 heterocycles. The van der Waals surface area contributed by atoms with Crippen LogP contribution in [0.25, 0.3) is 0 Å². The molecule has 1 aliphatic carbocycles. The topological polar surface area (TPSA) is 73.2 Å². The Morgan fingerprint density at radius 1 is 1.17 bits per heavy atom. The molecule has 0 fully saturated rings. The summed E-state index contributed by atoms with van der Waals surface area (Å²) in [6, 6.07) is 6.04. The highest BCUT2D eigenvalue weighted by molar-refractivity contribution is 7.89. The van der Waals surface area contributed by atoms with Crippen molar-refractivity contribution in [1.29, 1.82) is 0 Å². The van der Waals surface area contributed by atoms with E-state index in [-0.39, 0.29) is 23.5 Å². The number of hydrogen-bond donors (Lipinski definition) is 1. The molecule has 30 heavy (non-hydrogen) atoms. The fraction of sp³-hybridized carbons (Fsp3) is 0.550. The summed E-state index contributed by atoms with van der Waals surface area (Å²) in [6.45, 7) is 4.53. The van der Waals surface area contributed by atoms with Crippen molar-refractivity contribution in [2.24, 2.45) is 5.92 Å². The third-order valence-electron chi connectivity index (χ3n) is 4.86. The van der Waals surface area contributed by atoms with E-state index in [9.17, 15) is 21.6 Å². The Bertz CT molecular complexity index is 968. The van der Waals surface area contributed by atoms with Gasteiger partial charge in [0.15, 0.2) is 5.69 Å². The maximum atomic E-state index is 13.3. The highest BCUT2D eigenvalue weighted by Gasteiger charge is 2.39. The molecule has 166 valence electrons. The van der Waals surface area contributed by atoms with Crippen LogP contribution in [-0.2, 0) is 35.6 Å². The van der Waals surface area contributed by atoms with E-state index in [0.717, 1.165) is 6.42 Å². The Labute approximate surface area is 174 Å². The molecular weight excluding hydrogens is 419 g/mol. The zero-order valence-electron chi connectivity index (χ0n) is 17.0. The lowest BCUT2D eigenvalue weighted by molar-refractivity contribution is -0.142. The molecule has 1 aliphatic rings. The quantitative estimate of drug-likeness (QED) is 0.671. The Kier molecular flexibility index (Phi) is 6.76. The SMILES string of the molecule is CC(C)COc1ccc(S(=O)(=O)NCCn2nc(C(F)(F)F)c3c2CCCC3)cc1. The van der Waals surface area contributed by atoms with Crippen molar-refractivity contribution in [1.82, 2.24) is 14.5 Å². The molecule has 0 saturated carbocycles. The number of halogens is 3. The van der Waals surface area contributed by atoms with E-state index in [2.05, 4.69) is 9.82 Å². The number of rotatable bonds is 8. The molecule has 3 rings (SSSR count). The second-order valence-corrected chi connectivity index (χ2v) is 9.54. The second-order valence-electron chi connectivity index (χ2n) is 7.78. The van der Waals surface area contributed by atoms with Gasteiger partial charge in [0.05, 0.1) is 18.0 Å². The maximum Gasteiger partial charge on any atom is 0.435 e. The number of sulfonamides is 1. The molecule has 0 bridgehead atoms. The molecule has 6 nitrogen and oxygen atoms in total. The standard InChI is InChI=1S/C20H26F3N3O3S/c1-14(2)13-29-15-7-9-16(10-8-15)30(27,28)24-11-12-26-18-6-4-3-5-17(18)19(25-26)20(21,22)23/h7-10,14,24H,3-6,11-13H2,1-2H3. The largest absolute Gasteiger partial charge is 0.493 e. The Morgan fingerprint density at radius 3 is 2.47 bits per heavy atom. The lowest BCUT2D eigenvalue weighted by Crippen LogP contribution is -2.28. The predicted octanol–water partition coefficient (Wildman–Crippen LogP) is 3.79. The van der Waals surface area contributed by atoms with Gasteiger partial charge in [0.2, 0.25) is 10.0 Å². The van der Waals surface area contributed by atoms with Crippen LogP contribution >= 0.6 is 0 Å². The molecule has 10 heteroatoms. The van der Waals surface area contributed by atoms with Gasteiger partial charge in [-0.3, -0.25) is 4.68 Å². The molecule has 1 aromatic carbocycles. The van der Waals surface area contributed by atoms with Crippen LogP contribution in [-0.4, -0.2) is 31.3 Å². The van der Waals surface area contributed by atoms with E-state index >= 15 is 0 Å². The summed E-state index contributed by atoms with van der Waals surface area (Å²) in [5.41, 5.74) is -0.0509. The van der Waals surface area contributed by atoms with E-state index in [1.165, 1.54) is 16.8 Å². The summed E-state index contributed by atoms with van der Waals surface area (Å²) in [5, 5.41) is 3.74. The first-order valence-corrected chi connectivity index (χ1v) is 11.4. The van der Waals surface area contributed by atoms with Crippen LogP contribution in [0.1, 0.15) is 43.6 Å². The van der Waals surface area contributed by atoms with E-state index in [1.54, 1.807) is 12.1 Å². The number of nitrogens with zero attached hydrogens (tertiary/aromatic N) is 2. The lowest BCUT2D eigenvalue weighted by atomic mass is 9.95. The Balaban J connectivity index is 1.65. The number of alkyl halides is 3. The molecule has 0 amide bonds. The number of hydrogen-bond acceptors (Lipinski definition) is 4. The van der Waals surface area contributed by atoms with Crippen molar-refractivity contribution in [3.8, 4) is 5.75 Å². The van der Waals surface area contributed by atoms with Crippen molar-refractivity contribution < 1.29 is 26.3 Å². The number of ether oxygens (including phenoxy) is 1. The van der Waals surface area contributed by atoms with Gasteiger partial charge in [-0.2, -0.15) is 18.3 Å². The molecule has 1 N–H and O–H groups in total. The fourth-order valence-corrected chi connectivity index (χ4v) is 4.45. The molecule has 0 spiro atoms. The minimum Gasteiger partial charge on any atom is -0.493 e. The molecule has 1 aromatic heterocycles. The Morgan fingerprint density at radius 2 is 1.83 bits per heavy atom. The molecular formula is C20H26F3N3O3S. The molecule has 0 unspecified atom stereocenters. The summed E-state index contributed by atoms with van der Waals surface area (Å²) < 4.78 is 74.0. The third-order valence-corrected chi connectivity index (χ3v) is 6.34. The van der Waals surface area contributed by atoms with Gasteiger partial charge in [-0.25, -0.2) is 13.1 Å². The van der Waals surface area contributed by atoms with Gasteiger partial charge < -0.3 is 4.74 Å². The van der Waals surface area contributed by atoms with Gasteiger partial charge in [0, 0.05) is 17.8 Å². The van der Waals surface area contributed by atoms with E-state index in [0.29, 0.717) is 43.2 Å². The number of benzene rings is 1. The zero-order valence-corrected chi connectivity index (χ0v) is 17.8. The number of nitrogens with one attached hydrogen (secondary N) is 1.